The van der Waals surface area contributed by atoms with Gasteiger partial charge < -0.3 is 19.7 Å². The fourth-order valence-electron chi connectivity index (χ4n) is 4.75. The van der Waals surface area contributed by atoms with Gasteiger partial charge in [0.05, 0.1) is 42.6 Å². The Labute approximate surface area is 297 Å². The van der Waals surface area contributed by atoms with Crippen LogP contribution in [0.1, 0.15) is 74.1 Å². The smallest absolute Gasteiger partial charge is 0.427 e. The van der Waals surface area contributed by atoms with Crippen LogP contribution < -0.4 is 15.6 Å². The van der Waals surface area contributed by atoms with Crippen molar-refractivity contribution >= 4 is 56.8 Å². The van der Waals surface area contributed by atoms with Crippen LogP contribution in [0, 0.1) is 0 Å². The van der Waals surface area contributed by atoms with Gasteiger partial charge in [-0.2, -0.15) is 13.5 Å². The number of hydrogen-bond acceptors (Lipinski definition) is 10. The minimum atomic E-state index is -3.67. The fraction of sp³-hybridized carbons (Fsp3) is 0.371. The lowest BCUT2D eigenvalue weighted by Gasteiger charge is -2.21. The van der Waals surface area contributed by atoms with E-state index in [9.17, 15) is 27.9 Å². The average molecular weight is 724 g/mol. The van der Waals surface area contributed by atoms with E-state index in [1.165, 1.54) is 4.90 Å². The highest BCUT2D eigenvalue weighted by atomic mass is 32.2. The molecule has 0 saturated heterocycles. The van der Waals surface area contributed by atoms with Crippen LogP contribution in [0.25, 0.3) is 11.0 Å². The van der Waals surface area contributed by atoms with E-state index >= 15 is 0 Å². The molecule has 0 fully saturated rings. The number of hydrogen-bond donors (Lipinski definition) is 4. The highest BCUT2D eigenvalue weighted by molar-refractivity contribution is 7.85. The topological polar surface area (TPSA) is 205 Å². The lowest BCUT2D eigenvalue weighted by Crippen LogP contribution is -2.33. The van der Waals surface area contributed by atoms with Crippen molar-refractivity contribution in [3.05, 3.63) is 83.8 Å². The molecule has 4 aromatic rings. The molecule has 2 aromatic carbocycles. The van der Waals surface area contributed by atoms with Crippen LogP contribution in [0.5, 0.6) is 0 Å². The van der Waals surface area contributed by atoms with Crippen molar-refractivity contribution in [2.24, 2.45) is 12.1 Å². The quantitative estimate of drug-likeness (QED) is 0.0455. The summed E-state index contributed by atoms with van der Waals surface area (Å²) in [6.45, 7) is 4.63. The van der Waals surface area contributed by atoms with E-state index in [2.05, 4.69) is 27.8 Å². The molecule has 4 rings (SSSR count). The number of carboxylic acids is 1. The molecule has 2 heterocycles. The summed E-state index contributed by atoms with van der Waals surface area (Å²) in [4.78, 5) is 46.7. The minimum absolute atomic E-state index is 0.00645. The van der Waals surface area contributed by atoms with Gasteiger partial charge in [0.1, 0.15) is 11.6 Å². The number of fused-ring (bicyclic) bond motifs is 1. The van der Waals surface area contributed by atoms with Crippen LogP contribution >= 0.6 is 0 Å². The third-order valence-corrected chi connectivity index (χ3v) is 8.29. The van der Waals surface area contributed by atoms with Crippen LogP contribution in [-0.4, -0.2) is 75.7 Å². The molecular weight excluding hydrogens is 678 g/mol. The van der Waals surface area contributed by atoms with E-state index in [1.807, 2.05) is 41.9 Å². The molecule has 2 amide bonds. The van der Waals surface area contributed by atoms with Gasteiger partial charge in [-0.05, 0) is 60.9 Å². The first-order valence-corrected chi connectivity index (χ1v) is 18.2. The minimum Gasteiger partial charge on any atom is -0.481 e. The summed E-state index contributed by atoms with van der Waals surface area (Å²) >= 11 is 0. The summed E-state index contributed by atoms with van der Waals surface area (Å²) in [5.74, 6) is -0.335. The number of rotatable bonds is 17. The average Bonchev–Trinajstić information content (AvgIpc) is 3.42. The number of carbonyl (C=O) groups excluding carboxylic acids is 2. The number of aliphatic carboxylic acids is 1. The van der Waals surface area contributed by atoms with Crippen LogP contribution in [0.2, 0.25) is 0 Å². The van der Waals surface area contributed by atoms with Gasteiger partial charge in [-0.3, -0.25) is 19.0 Å². The molecule has 0 atom stereocenters. The van der Waals surface area contributed by atoms with Crippen LogP contribution in [0.4, 0.5) is 16.3 Å². The number of pyridine rings is 1. The molecule has 51 heavy (non-hydrogen) atoms. The maximum Gasteiger partial charge on any atom is 0.427 e. The molecule has 0 spiro atoms. The summed E-state index contributed by atoms with van der Waals surface area (Å²) in [5.41, 5.74) is 5.93. The summed E-state index contributed by atoms with van der Waals surface area (Å²) < 4.78 is 34.6. The standard InChI is InChI=1S/C32H37N7O5.C3H8O3S/c1-3-4-5-8-19-44-32(43)37-35-21-23-10-13-25(14-11-23)34-22-29-36-26-20-24(12-15-27(26)38(29)2)31(42)39(18-16-30(40)41)28-9-6-7-17-33-28;1-2-3-7(4,5)6/h6-7,9-15,17,20-21,34H,3-5,8,16,18-19,22H2,1-2H3,(H,37,43)(H,40,41);2-3H2,1H3,(H,4,5,6). The number of unbranched alkanes of at least 4 members (excludes halogenated alkanes) is 3. The molecule has 274 valence electrons. The highest BCUT2D eigenvalue weighted by Gasteiger charge is 2.21. The van der Waals surface area contributed by atoms with Gasteiger partial charge in [0, 0.05) is 31.0 Å². The first kappa shape index (κ1) is 40.1. The summed E-state index contributed by atoms with van der Waals surface area (Å²) in [6.07, 6.45) is 6.93. The second-order valence-electron chi connectivity index (χ2n) is 11.4. The van der Waals surface area contributed by atoms with Crippen molar-refractivity contribution < 1.29 is 37.2 Å². The zero-order valence-corrected chi connectivity index (χ0v) is 29.8. The van der Waals surface area contributed by atoms with Gasteiger partial charge in [-0.1, -0.05) is 51.3 Å². The molecular formula is C35H45N7O8S. The number of nitrogens with one attached hydrogen (secondary N) is 2. The predicted octanol–water partition coefficient (Wildman–Crippen LogP) is 5.63. The number of carboxylic acid groups (broad SMARTS) is 1. The van der Waals surface area contributed by atoms with Gasteiger partial charge in [-0.15, -0.1) is 0 Å². The Morgan fingerprint density at radius 1 is 1.02 bits per heavy atom. The number of amides is 2. The molecule has 0 aliphatic heterocycles. The molecule has 0 bridgehead atoms. The monoisotopic (exact) mass is 723 g/mol. The maximum atomic E-state index is 13.4. The molecule has 0 aliphatic carbocycles. The lowest BCUT2D eigenvalue weighted by atomic mass is 10.1. The molecule has 0 radical (unpaired) electrons. The molecule has 16 heteroatoms. The van der Waals surface area contributed by atoms with Gasteiger partial charge in [0.25, 0.3) is 16.0 Å². The number of nitrogens with zero attached hydrogens (tertiary/aromatic N) is 5. The number of aryl methyl sites for hydroxylation is 1. The number of benzene rings is 2. The van der Waals surface area contributed by atoms with Crippen molar-refractivity contribution in [2.45, 2.75) is 58.9 Å². The number of ether oxygens (including phenoxy) is 1. The zero-order chi connectivity index (χ0) is 37.2. The van der Waals surface area contributed by atoms with E-state index in [1.54, 1.807) is 49.7 Å². The number of hydrazone groups is 1. The third-order valence-electron chi connectivity index (χ3n) is 7.36. The first-order chi connectivity index (χ1) is 24.4. The van der Waals surface area contributed by atoms with E-state index in [0.717, 1.165) is 48.3 Å². The first-order valence-electron chi connectivity index (χ1n) is 16.6. The zero-order valence-electron chi connectivity index (χ0n) is 29.0. The third kappa shape index (κ3) is 13.8. The van der Waals surface area contributed by atoms with Crippen molar-refractivity contribution in [3.63, 3.8) is 0 Å². The molecule has 15 nitrogen and oxygen atoms in total. The predicted molar refractivity (Wildman–Crippen MR) is 196 cm³/mol. The Morgan fingerprint density at radius 2 is 1.78 bits per heavy atom. The van der Waals surface area contributed by atoms with E-state index in [4.69, 9.17) is 14.3 Å². The summed E-state index contributed by atoms with van der Waals surface area (Å²) in [7, 11) is -1.77. The van der Waals surface area contributed by atoms with Crippen LogP contribution in [0.15, 0.2) is 72.0 Å². The van der Waals surface area contributed by atoms with Crippen LogP contribution in [0.3, 0.4) is 0 Å². The molecule has 0 aliphatic rings. The maximum absolute atomic E-state index is 13.4. The Hall–Kier alpha value is -5.35. The van der Waals surface area contributed by atoms with Gasteiger partial charge in [-0.25, -0.2) is 20.2 Å². The van der Waals surface area contributed by atoms with E-state index in [0.29, 0.717) is 36.5 Å². The van der Waals surface area contributed by atoms with E-state index < -0.39 is 22.2 Å². The SMILES string of the molecule is CCCCCCOC(=O)NN=Cc1ccc(NCc2nc3cc(C(=O)N(CCC(=O)O)c4ccccn4)ccc3n2C)cc1.CCCS(=O)(=O)O. The Balaban J connectivity index is 0.000000908. The number of imidazole rings is 1. The molecule has 4 N–H and O–H groups in total. The molecule has 2 aromatic heterocycles. The van der Waals surface area contributed by atoms with Crippen molar-refractivity contribution in [3.8, 4) is 0 Å². The van der Waals surface area contributed by atoms with Gasteiger partial charge in [0.15, 0.2) is 0 Å². The van der Waals surface area contributed by atoms with E-state index in [-0.39, 0.29) is 24.6 Å². The Bertz CT molecular complexity index is 1860. The second kappa shape index (κ2) is 20.4. The summed E-state index contributed by atoms with van der Waals surface area (Å²) in [5, 5.41) is 16.5. The lowest BCUT2D eigenvalue weighted by molar-refractivity contribution is -0.136. The van der Waals surface area contributed by atoms with Gasteiger partial charge in [0.2, 0.25) is 0 Å². The highest BCUT2D eigenvalue weighted by Crippen LogP contribution is 2.21. The number of carbonyl (C=O) groups is 3. The van der Waals surface area contributed by atoms with Crippen molar-refractivity contribution in [1.29, 1.82) is 0 Å². The summed E-state index contributed by atoms with van der Waals surface area (Å²) in [6, 6.07) is 17.9. The largest absolute Gasteiger partial charge is 0.481 e. The van der Waals surface area contributed by atoms with Crippen molar-refractivity contribution in [1.82, 2.24) is 20.0 Å². The van der Waals surface area contributed by atoms with Crippen molar-refractivity contribution in [2.75, 3.05) is 29.1 Å². The number of aromatic nitrogens is 3. The molecule has 0 unspecified atom stereocenters. The normalized spacial score (nSPS) is 11.1. The Morgan fingerprint density at radius 3 is 2.41 bits per heavy atom. The molecule has 0 saturated carbocycles. The Kier molecular flexibility index (Phi) is 16.0. The fourth-order valence-corrected chi connectivity index (χ4v) is 5.27. The second-order valence-corrected chi connectivity index (χ2v) is 13.0. The van der Waals surface area contributed by atoms with Crippen LogP contribution in [-0.2, 0) is 33.2 Å². The van der Waals surface area contributed by atoms with Gasteiger partial charge >= 0.3 is 12.1 Å². The number of anilines is 2.